The lowest BCUT2D eigenvalue weighted by Crippen LogP contribution is -2.61. The summed E-state index contributed by atoms with van der Waals surface area (Å²) in [4.78, 5) is 0. The number of aryl methyl sites for hydroxylation is 1. The number of aromatic hydroxyl groups is 2. The van der Waals surface area contributed by atoms with E-state index in [-0.39, 0.29) is 17.7 Å². The topological polar surface area (TPSA) is 40.5 Å². The summed E-state index contributed by atoms with van der Waals surface area (Å²) >= 11 is 0. The number of benzene rings is 2. The lowest BCUT2D eigenvalue weighted by molar-refractivity contribution is -0.395. The van der Waals surface area contributed by atoms with E-state index in [0.717, 1.165) is 12.1 Å². The van der Waals surface area contributed by atoms with E-state index in [0.29, 0.717) is 17.2 Å². The minimum Gasteiger partial charge on any atom is -0.508 e. The normalized spacial score (nSPS) is 13.5. The fourth-order valence-electron chi connectivity index (χ4n) is 2.90. The van der Waals surface area contributed by atoms with Gasteiger partial charge < -0.3 is 10.2 Å². The van der Waals surface area contributed by atoms with Crippen LogP contribution in [-0.4, -0.2) is 34.2 Å². The first kappa shape index (κ1) is 23.7. The Labute approximate surface area is 164 Å². The van der Waals surface area contributed by atoms with Gasteiger partial charge in [0.15, 0.2) is 0 Å². The molecule has 0 saturated heterocycles. The molecule has 0 fully saturated rings. The molecule has 0 spiro atoms. The van der Waals surface area contributed by atoms with Gasteiger partial charge in [-0.25, -0.2) is 0 Å². The zero-order valence-corrected chi connectivity index (χ0v) is 15.2. The van der Waals surface area contributed by atoms with Gasteiger partial charge in [0, 0.05) is 6.42 Å². The Morgan fingerprint density at radius 3 is 1.60 bits per heavy atom. The highest BCUT2D eigenvalue weighted by Gasteiger charge is 2.81. The maximum absolute atomic E-state index is 13.9. The first-order valence-electron chi connectivity index (χ1n) is 8.28. The van der Waals surface area contributed by atoms with Gasteiger partial charge >= 0.3 is 23.9 Å². The Balaban J connectivity index is 2.36. The molecule has 0 aliphatic carbocycles. The van der Waals surface area contributed by atoms with Crippen LogP contribution in [0.4, 0.5) is 39.5 Å². The molecule has 2 N–H and O–H groups in total. The molecule has 0 radical (unpaired) electrons. The highest BCUT2D eigenvalue weighted by Crippen LogP contribution is 2.53. The summed E-state index contributed by atoms with van der Waals surface area (Å²) in [5.74, 6) is -20.3. The molecule has 0 amide bonds. The molecule has 2 aromatic carbocycles. The average molecular weight is 446 g/mol. The summed E-state index contributed by atoms with van der Waals surface area (Å²) in [6, 6.07) is 6.82. The largest absolute Gasteiger partial charge is 0.508 e. The van der Waals surface area contributed by atoms with Crippen molar-refractivity contribution in [2.45, 2.75) is 43.7 Å². The van der Waals surface area contributed by atoms with Gasteiger partial charge in [0.05, 0.1) is 0 Å². The van der Waals surface area contributed by atoms with Gasteiger partial charge in [-0.3, -0.25) is 0 Å². The van der Waals surface area contributed by atoms with Crippen LogP contribution in [0.2, 0.25) is 0 Å². The third-order valence-electron chi connectivity index (χ3n) is 4.20. The minimum atomic E-state index is -6.97. The molecule has 0 aliphatic heterocycles. The Kier molecular flexibility index (Phi) is 5.99. The van der Waals surface area contributed by atoms with E-state index in [1.165, 1.54) is 12.1 Å². The smallest absolute Gasteiger partial charge is 0.460 e. The summed E-state index contributed by atoms with van der Waals surface area (Å²) < 4.78 is 117. The van der Waals surface area contributed by atoms with Crippen LogP contribution in [0.5, 0.6) is 11.5 Å². The van der Waals surface area contributed by atoms with Crippen LogP contribution in [0.15, 0.2) is 36.4 Å². The third kappa shape index (κ3) is 4.59. The molecule has 2 nitrogen and oxygen atoms in total. The van der Waals surface area contributed by atoms with E-state index in [4.69, 9.17) is 0 Å². The highest BCUT2D eigenvalue weighted by molar-refractivity contribution is 5.40. The van der Waals surface area contributed by atoms with E-state index < -0.39 is 41.7 Å². The molecule has 30 heavy (non-hydrogen) atoms. The Bertz CT molecular complexity index is 900. The molecule has 2 rings (SSSR count). The SMILES string of the molecule is Cc1cc(O)cc(Cc2cc(O)cc(CC(F)(F)C(F)(F)C(F)(F)C(F)(F)F)c2)c1. The zero-order valence-electron chi connectivity index (χ0n) is 15.2. The average Bonchev–Trinajstić information content (AvgIpc) is 2.51. The van der Waals surface area contributed by atoms with Gasteiger partial charge in [0.25, 0.3) is 0 Å². The number of hydrogen-bond donors (Lipinski definition) is 2. The van der Waals surface area contributed by atoms with Gasteiger partial charge in [0.2, 0.25) is 0 Å². The quantitative estimate of drug-likeness (QED) is 0.534. The summed E-state index contributed by atoms with van der Waals surface area (Å²) in [7, 11) is 0. The van der Waals surface area contributed by atoms with Gasteiger partial charge in [-0.15, -0.1) is 0 Å². The van der Waals surface area contributed by atoms with E-state index in [1.807, 2.05) is 0 Å². The second-order valence-electron chi connectivity index (χ2n) is 6.89. The number of halogens is 9. The van der Waals surface area contributed by atoms with Crippen molar-refractivity contribution in [2.75, 3.05) is 0 Å². The zero-order chi connectivity index (χ0) is 23.1. The standard InChI is InChI=1S/C19H15F9O2/c1-10-2-11(6-14(29)3-10)4-12-5-13(8-15(30)7-12)9-16(20,21)17(22,23)18(24,25)19(26,27)28/h2-3,5-8,29-30H,4,9H2,1H3. The van der Waals surface area contributed by atoms with Crippen LogP contribution in [-0.2, 0) is 12.8 Å². The number of phenols is 2. The van der Waals surface area contributed by atoms with Crippen LogP contribution in [0.25, 0.3) is 0 Å². The molecule has 2 aromatic rings. The first-order chi connectivity index (χ1) is 13.5. The Morgan fingerprint density at radius 2 is 1.10 bits per heavy atom. The van der Waals surface area contributed by atoms with Crippen LogP contribution in [0, 0.1) is 6.92 Å². The van der Waals surface area contributed by atoms with Gasteiger partial charge in [-0.1, -0.05) is 12.1 Å². The monoisotopic (exact) mass is 446 g/mol. The van der Waals surface area contributed by atoms with Crippen molar-refractivity contribution in [3.8, 4) is 11.5 Å². The maximum Gasteiger partial charge on any atom is 0.460 e. The lowest BCUT2D eigenvalue weighted by Gasteiger charge is -2.33. The fraction of sp³-hybridized carbons (Fsp3) is 0.368. The predicted molar refractivity (Wildman–Crippen MR) is 88.4 cm³/mol. The number of alkyl halides is 9. The highest BCUT2D eigenvalue weighted by atomic mass is 19.4. The second kappa shape index (κ2) is 7.59. The Hall–Kier alpha value is -2.59. The van der Waals surface area contributed by atoms with E-state index in [9.17, 15) is 49.7 Å². The predicted octanol–water partition coefficient (Wildman–Crippen LogP) is 6.01. The minimum absolute atomic E-state index is 0.0721. The molecule has 0 unspecified atom stereocenters. The summed E-state index contributed by atoms with van der Waals surface area (Å²) in [5.41, 5.74) is 0.386. The summed E-state index contributed by atoms with van der Waals surface area (Å²) in [5, 5.41) is 19.2. The number of hydrogen-bond acceptors (Lipinski definition) is 2. The lowest BCUT2D eigenvalue weighted by atomic mass is 9.94. The van der Waals surface area contributed by atoms with Crippen molar-refractivity contribution < 1.29 is 49.7 Å². The van der Waals surface area contributed by atoms with E-state index in [2.05, 4.69) is 0 Å². The third-order valence-corrected chi connectivity index (χ3v) is 4.20. The van der Waals surface area contributed by atoms with Crippen molar-refractivity contribution in [1.82, 2.24) is 0 Å². The molecule has 166 valence electrons. The molecular formula is C19H15F9O2. The number of phenolic OH excluding ortho intramolecular Hbond substituents is 2. The van der Waals surface area contributed by atoms with E-state index in [1.54, 1.807) is 13.0 Å². The van der Waals surface area contributed by atoms with Gasteiger partial charge in [-0.2, -0.15) is 39.5 Å². The molecule has 0 bridgehead atoms. The van der Waals surface area contributed by atoms with Crippen LogP contribution < -0.4 is 0 Å². The van der Waals surface area contributed by atoms with Crippen LogP contribution >= 0.6 is 0 Å². The fourth-order valence-corrected chi connectivity index (χ4v) is 2.90. The first-order valence-corrected chi connectivity index (χ1v) is 8.28. The summed E-state index contributed by atoms with van der Waals surface area (Å²) in [6.45, 7) is 1.64. The van der Waals surface area contributed by atoms with Crippen molar-refractivity contribution in [3.05, 3.63) is 58.7 Å². The van der Waals surface area contributed by atoms with Gasteiger partial charge in [-0.05, 0) is 59.9 Å². The molecule has 0 aliphatic rings. The molecule has 0 saturated carbocycles. The number of rotatable bonds is 6. The molecular weight excluding hydrogens is 431 g/mol. The maximum atomic E-state index is 13.9. The molecule has 11 heteroatoms. The van der Waals surface area contributed by atoms with E-state index >= 15 is 0 Å². The van der Waals surface area contributed by atoms with Crippen molar-refractivity contribution in [1.29, 1.82) is 0 Å². The van der Waals surface area contributed by atoms with Crippen LogP contribution in [0.1, 0.15) is 22.3 Å². The van der Waals surface area contributed by atoms with Crippen LogP contribution in [0.3, 0.4) is 0 Å². The Morgan fingerprint density at radius 1 is 0.633 bits per heavy atom. The van der Waals surface area contributed by atoms with Crippen molar-refractivity contribution >= 4 is 0 Å². The van der Waals surface area contributed by atoms with Crippen molar-refractivity contribution in [3.63, 3.8) is 0 Å². The molecule has 0 atom stereocenters. The summed E-state index contributed by atoms with van der Waals surface area (Å²) in [6.07, 6.45) is -9.14. The molecule has 0 aromatic heterocycles. The van der Waals surface area contributed by atoms with Gasteiger partial charge in [0.1, 0.15) is 11.5 Å². The second-order valence-corrected chi connectivity index (χ2v) is 6.89. The van der Waals surface area contributed by atoms with Crippen molar-refractivity contribution in [2.24, 2.45) is 0 Å². The molecule has 0 heterocycles.